The number of anilines is 1. The number of halogens is 6. The van der Waals surface area contributed by atoms with Crippen LogP contribution in [0.4, 0.5) is 32.0 Å². The van der Waals surface area contributed by atoms with Crippen LogP contribution in [0.2, 0.25) is 0 Å². The Morgan fingerprint density at radius 3 is 2.18 bits per heavy atom. The number of hydrogen-bond acceptors (Lipinski definition) is 5. The van der Waals surface area contributed by atoms with E-state index in [0.29, 0.717) is 18.2 Å². The standard InChI is InChI=1S/C21H14F6N2O4/c1-32-16-8-9-28-17(18(16)30)19(31)29-12-4-7-15(14(10-12)21(25,26)27)33-13-5-2-11(3-6-13)20(22,23)24/h2-10,30H,1H3,(H,29,31). The minimum atomic E-state index is -4.92. The van der Waals surface area contributed by atoms with Crippen LogP contribution in [-0.2, 0) is 12.4 Å². The van der Waals surface area contributed by atoms with Gasteiger partial charge < -0.3 is 19.9 Å². The van der Waals surface area contributed by atoms with Crippen LogP contribution >= 0.6 is 0 Å². The first-order valence-corrected chi connectivity index (χ1v) is 9.00. The zero-order valence-electron chi connectivity index (χ0n) is 16.6. The van der Waals surface area contributed by atoms with Gasteiger partial charge in [-0.15, -0.1) is 0 Å². The third kappa shape index (κ3) is 5.45. The maximum atomic E-state index is 13.6. The lowest BCUT2D eigenvalue weighted by Crippen LogP contribution is -2.15. The summed E-state index contributed by atoms with van der Waals surface area (Å²) in [5, 5.41) is 12.2. The first-order valence-electron chi connectivity index (χ1n) is 9.00. The van der Waals surface area contributed by atoms with E-state index in [0.717, 1.165) is 30.5 Å². The van der Waals surface area contributed by atoms with Crippen molar-refractivity contribution in [3.05, 3.63) is 71.5 Å². The van der Waals surface area contributed by atoms with Crippen molar-refractivity contribution >= 4 is 11.6 Å². The van der Waals surface area contributed by atoms with E-state index in [1.807, 2.05) is 0 Å². The number of nitrogens with zero attached hydrogens (tertiary/aromatic N) is 1. The maximum absolute atomic E-state index is 13.6. The number of pyridine rings is 1. The summed E-state index contributed by atoms with van der Waals surface area (Å²) in [5.74, 6) is -2.61. The number of aromatic nitrogens is 1. The summed E-state index contributed by atoms with van der Waals surface area (Å²) >= 11 is 0. The number of rotatable bonds is 5. The Balaban J connectivity index is 1.88. The van der Waals surface area contributed by atoms with E-state index in [-0.39, 0.29) is 17.2 Å². The van der Waals surface area contributed by atoms with Crippen molar-refractivity contribution in [3.63, 3.8) is 0 Å². The van der Waals surface area contributed by atoms with Gasteiger partial charge in [-0.1, -0.05) is 0 Å². The molecule has 0 spiro atoms. The monoisotopic (exact) mass is 472 g/mol. The van der Waals surface area contributed by atoms with Crippen molar-refractivity contribution in [1.29, 1.82) is 0 Å². The number of benzene rings is 2. The normalized spacial score (nSPS) is 11.7. The first kappa shape index (κ1) is 23.7. The molecular formula is C21H14F6N2O4. The van der Waals surface area contributed by atoms with Gasteiger partial charge in [-0.25, -0.2) is 4.98 Å². The Morgan fingerprint density at radius 1 is 0.939 bits per heavy atom. The van der Waals surface area contributed by atoms with E-state index in [1.165, 1.54) is 13.2 Å². The summed E-state index contributed by atoms with van der Waals surface area (Å²) in [6.07, 6.45) is -8.37. The third-order valence-electron chi connectivity index (χ3n) is 4.27. The van der Waals surface area contributed by atoms with Crippen LogP contribution < -0.4 is 14.8 Å². The van der Waals surface area contributed by atoms with Crippen LogP contribution in [0.1, 0.15) is 21.6 Å². The summed E-state index contributed by atoms with van der Waals surface area (Å²) in [6.45, 7) is 0. The molecule has 1 heterocycles. The molecule has 2 aromatic carbocycles. The molecule has 0 saturated heterocycles. The van der Waals surface area contributed by atoms with Gasteiger partial charge in [-0.05, 0) is 42.5 Å². The van der Waals surface area contributed by atoms with Gasteiger partial charge in [0.2, 0.25) is 0 Å². The van der Waals surface area contributed by atoms with E-state index < -0.39 is 46.6 Å². The summed E-state index contributed by atoms with van der Waals surface area (Å²) in [5.41, 5.74) is -3.05. The Hall–Kier alpha value is -3.96. The molecule has 0 radical (unpaired) electrons. The van der Waals surface area contributed by atoms with Crippen LogP contribution in [0.15, 0.2) is 54.7 Å². The molecule has 0 fully saturated rings. The van der Waals surface area contributed by atoms with Gasteiger partial charge in [0.05, 0.1) is 12.7 Å². The Morgan fingerprint density at radius 2 is 1.61 bits per heavy atom. The number of carbonyl (C=O) groups excluding carboxylic acids is 1. The van der Waals surface area contributed by atoms with Crippen molar-refractivity contribution in [3.8, 4) is 23.0 Å². The lowest BCUT2D eigenvalue weighted by atomic mass is 10.1. The average Bonchev–Trinajstić information content (AvgIpc) is 2.74. The highest BCUT2D eigenvalue weighted by atomic mass is 19.4. The fraction of sp³-hybridized carbons (Fsp3) is 0.143. The molecular weight excluding hydrogens is 458 g/mol. The first-order chi connectivity index (χ1) is 15.4. The average molecular weight is 472 g/mol. The summed E-state index contributed by atoms with van der Waals surface area (Å²) < 4.78 is 88.6. The second-order valence-corrected chi connectivity index (χ2v) is 6.50. The highest BCUT2D eigenvalue weighted by molar-refractivity contribution is 6.05. The van der Waals surface area contributed by atoms with Gasteiger partial charge in [0, 0.05) is 18.0 Å². The van der Waals surface area contributed by atoms with Crippen LogP contribution in [0.25, 0.3) is 0 Å². The maximum Gasteiger partial charge on any atom is 0.420 e. The minimum absolute atomic E-state index is 0.0635. The van der Waals surface area contributed by atoms with Gasteiger partial charge in [-0.3, -0.25) is 4.79 Å². The van der Waals surface area contributed by atoms with Gasteiger partial charge in [0.15, 0.2) is 17.2 Å². The molecule has 0 aliphatic carbocycles. The predicted molar refractivity (Wildman–Crippen MR) is 103 cm³/mol. The van der Waals surface area contributed by atoms with Crippen molar-refractivity contribution in [2.24, 2.45) is 0 Å². The highest BCUT2D eigenvalue weighted by Gasteiger charge is 2.35. The van der Waals surface area contributed by atoms with E-state index in [4.69, 9.17) is 9.47 Å². The van der Waals surface area contributed by atoms with Crippen LogP contribution in [-0.4, -0.2) is 23.1 Å². The van der Waals surface area contributed by atoms with Gasteiger partial charge in [0.25, 0.3) is 5.91 Å². The number of methoxy groups -OCH3 is 1. The second-order valence-electron chi connectivity index (χ2n) is 6.50. The van der Waals surface area contributed by atoms with E-state index >= 15 is 0 Å². The molecule has 0 saturated carbocycles. The quantitative estimate of drug-likeness (QED) is 0.454. The topological polar surface area (TPSA) is 80.7 Å². The van der Waals surface area contributed by atoms with Gasteiger partial charge in [0.1, 0.15) is 17.1 Å². The zero-order valence-corrected chi connectivity index (χ0v) is 16.6. The molecule has 0 unspecified atom stereocenters. The number of aromatic hydroxyl groups is 1. The molecule has 0 atom stereocenters. The molecule has 6 nitrogen and oxygen atoms in total. The fourth-order valence-corrected chi connectivity index (χ4v) is 2.71. The van der Waals surface area contributed by atoms with Gasteiger partial charge in [-0.2, -0.15) is 26.3 Å². The number of nitrogens with one attached hydrogen (secondary N) is 1. The van der Waals surface area contributed by atoms with Gasteiger partial charge >= 0.3 is 12.4 Å². The lowest BCUT2D eigenvalue weighted by Gasteiger charge is -2.16. The van der Waals surface area contributed by atoms with Crippen molar-refractivity contribution in [1.82, 2.24) is 4.98 Å². The van der Waals surface area contributed by atoms with Crippen LogP contribution in [0, 0.1) is 0 Å². The van der Waals surface area contributed by atoms with Crippen molar-refractivity contribution < 1.29 is 45.7 Å². The number of ether oxygens (including phenoxy) is 2. The van der Waals surface area contributed by atoms with Crippen molar-refractivity contribution in [2.45, 2.75) is 12.4 Å². The SMILES string of the molecule is COc1ccnc(C(=O)Nc2ccc(Oc3ccc(C(F)(F)F)cc3)c(C(F)(F)F)c2)c1O. The molecule has 174 valence electrons. The lowest BCUT2D eigenvalue weighted by molar-refractivity contribution is -0.138. The Bertz CT molecular complexity index is 1160. The molecule has 0 aliphatic rings. The number of amides is 1. The molecule has 2 N–H and O–H groups in total. The van der Waals surface area contributed by atoms with Crippen molar-refractivity contribution in [2.75, 3.05) is 12.4 Å². The van der Waals surface area contributed by atoms with Crippen LogP contribution in [0.3, 0.4) is 0 Å². The molecule has 1 aromatic heterocycles. The van der Waals surface area contributed by atoms with Crippen LogP contribution in [0.5, 0.6) is 23.0 Å². The second kappa shape index (κ2) is 8.88. The Labute approximate surface area is 182 Å². The molecule has 12 heteroatoms. The highest BCUT2D eigenvalue weighted by Crippen LogP contribution is 2.40. The minimum Gasteiger partial charge on any atom is -0.503 e. The molecule has 0 aliphatic heterocycles. The smallest absolute Gasteiger partial charge is 0.420 e. The molecule has 33 heavy (non-hydrogen) atoms. The molecule has 3 rings (SSSR count). The predicted octanol–water partition coefficient (Wildman–Crippen LogP) is 5.88. The molecule has 1 amide bonds. The number of carbonyl (C=O) groups is 1. The number of alkyl halides is 6. The van der Waals surface area contributed by atoms with E-state index in [2.05, 4.69) is 10.3 Å². The fourth-order valence-electron chi connectivity index (χ4n) is 2.71. The number of hydrogen-bond donors (Lipinski definition) is 2. The van der Waals surface area contributed by atoms with E-state index in [9.17, 15) is 36.2 Å². The molecule has 3 aromatic rings. The summed E-state index contributed by atoms with van der Waals surface area (Å²) in [6, 6.07) is 6.95. The van der Waals surface area contributed by atoms with E-state index in [1.54, 1.807) is 0 Å². The largest absolute Gasteiger partial charge is 0.503 e. The summed E-state index contributed by atoms with van der Waals surface area (Å²) in [4.78, 5) is 16.0. The summed E-state index contributed by atoms with van der Waals surface area (Å²) in [7, 11) is 1.24. The third-order valence-corrected chi connectivity index (χ3v) is 4.27. The Kier molecular flexibility index (Phi) is 6.38. The zero-order chi connectivity index (χ0) is 24.4. The molecule has 0 bridgehead atoms.